The summed E-state index contributed by atoms with van der Waals surface area (Å²) >= 11 is 0. The Hall–Kier alpha value is -2.28. The molecule has 2 rings (SSSR count). The summed E-state index contributed by atoms with van der Waals surface area (Å²) in [5.74, 6) is 0.953. The molecule has 1 atom stereocenters. The fourth-order valence-corrected chi connectivity index (χ4v) is 3.27. The third kappa shape index (κ3) is 5.35. The second-order valence-corrected chi connectivity index (χ2v) is 6.64. The zero-order valence-corrected chi connectivity index (χ0v) is 16.7. The van der Waals surface area contributed by atoms with Gasteiger partial charge in [-0.1, -0.05) is 0 Å². The van der Waals surface area contributed by atoms with E-state index in [-0.39, 0.29) is 17.7 Å². The SMILES string of the molecule is CCOc1cc(C(=O)N2CCC[C@@H](C(=O)N(C)CCOC)C2)ccc1OC. The number of ether oxygens (including phenoxy) is 3. The van der Waals surface area contributed by atoms with Gasteiger partial charge < -0.3 is 24.0 Å². The van der Waals surface area contributed by atoms with E-state index in [0.29, 0.717) is 49.9 Å². The summed E-state index contributed by atoms with van der Waals surface area (Å²) in [5, 5.41) is 0. The van der Waals surface area contributed by atoms with Crippen molar-refractivity contribution in [1.29, 1.82) is 0 Å². The number of piperidine rings is 1. The molecule has 1 heterocycles. The van der Waals surface area contributed by atoms with Crippen molar-refractivity contribution in [2.75, 3.05) is 54.1 Å². The maximum absolute atomic E-state index is 13.0. The van der Waals surface area contributed by atoms with Gasteiger partial charge >= 0.3 is 0 Å². The maximum Gasteiger partial charge on any atom is 0.254 e. The molecule has 0 N–H and O–H groups in total. The molecule has 0 aliphatic carbocycles. The number of carbonyl (C=O) groups is 2. The average Bonchev–Trinajstić information content (AvgIpc) is 2.71. The van der Waals surface area contributed by atoms with Gasteiger partial charge in [0.2, 0.25) is 5.91 Å². The van der Waals surface area contributed by atoms with E-state index in [4.69, 9.17) is 14.2 Å². The van der Waals surface area contributed by atoms with Gasteiger partial charge in [0.25, 0.3) is 5.91 Å². The van der Waals surface area contributed by atoms with Gasteiger partial charge in [-0.15, -0.1) is 0 Å². The van der Waals surface area contributed by atoms with Gasteiger partial charge in [0.15, 0.2) is 11.5 Å². The Labute approximate surface area is 161 Å². The smallest absolute Gasteiger partial charge is 0.254 e. The van der Waals surface area contributed by atoms with Crippen LogP contribution in [0, 0.1) is 5.92 Å². The predicted octanol–water partition coefficient (Wildman–Crippen LogP) is 2.05. The lowest BCUT2D eigenvalue weighted by Crippen LogP contribution is -2.46. The highest BCUT2D eigenvalue weighted by Gasteiger charge is 2.30. The lowest BCUT2D eigenvalue weighted by atomic mass is 9.96. The molecular formula is C20H30N2O5. The summed E-state index contributed by atoms with van der Waals surface area (Å²) in [5.41, 5.74) is 0.542. The van der Waals surface area contributed by atoms with Gasteiger partial charge in [-0.2, -0.15) is 0 Å². The third-order valence-electron chi connectivity index (χ3n) is 4.78. The molecule has 1 aliphatic rings. The first-order valence-corrected chi connectivity index (χ1v) is 9.35. The van der Waals surface area contributed by atoms with Gasteiger partial charge in [0, 0.05) is 39.4 Å². The van der Waals surface area contributed by atoms with Crippen molar-refractivity contribution in [3.8, 4) is 11.5 Å². The first kappa shape index (κ1) is 21.0. The Morgan fingerprint density at radius 2 is 2.04 bits per heavy atom. The van der Waals surface area contributed by atoms with Crippen LogP contribution >= 0.6 is 0 Å². The largest absolute Gasteiger partial charge is 0.493 e. The van der Waals surface area contributed by atoms with Crippen LogP contribution in [0.4, 0.5) is 0 Å². The molecule has 1 aromatic rings. The molecule has 27 heavy (non-hydrogen) atoms. The number of rotatable bonds is 8. The van der Waals surface area contributed by atoms with Crippen LogP contribution in [0.2, 0.25) is 0 Å². The first-order chi connectivity index (χ1) is 13.0. The monoisotopic (exact) mass is 378 g/mol. The van der Waals surface area contributed by atoms with Crippen LogP contribution in [0.1, 0.15) is 30.1 Å². The fraction of sp³-hybridized carbons (Fsp3) is 0.600. The Balaban J connectivity index is 2.08. The zero-order chi connectivity index (χ0) is 19.8. The molecule has 0 radical (unpaired) electrons. The maximum atomic E-state index is 13.0. The zero-order valence-electron chi connectivity index (χ0n) is 16.7. The van der Waals surface area contributed by atoms with Gasteiger partial charge in [-0.05, 0) is 38.0 Å². The molecule has 0 bridgehead atoms. The topological polar surface area (TPSA) is 68.3 Å². The highest BCUT2D eigenvalue weighted by Crippen LogP contribution is 2.29. The van der Waals surface area contributed by atoms with Crippen LogP contribution in [0.15, 0.2) is 18.2 Å². The lowest BCUT2D eigenvalue weighted by molar-refractivity contribution is -0.136. The van der Waals surface area contributed by atoms with E-state index in [0.717, 1.165) is 12.8 Å². The summed E-state index contributed by atoms with van der Waals surface area (Å²) in [4.78, 5) is 29.0. The number of hydrogen-bond donors (Lipinski definition) is 0. The highest BCUT2D eigenvalue weighted by atomic mass is 16.5. The minimum Gasteiger partial charge on any atom is -0.493 e. The van der Waals surface area contributed by atoms with E-state index in [9.17, 15) is 9.59 Å². The normalized spacial score (nSPS) is 16.7. The molecule has 1 aliphatic heterocycles. The minimum atomic E-state index is -0.172. The van der Waals surface area contributed by atoms with Crippen molar-refractivity contribution in [2.24, 2.45) is 5.92 Å². The molecule has 1 fully saturated rings. The van der Waals surface area contributed by atoms with E-state index in [2.05, 4.69) is 0 Å². The quantitative estimate of drug-likeness (QED) is 0.693. The summed E-state index contributed by atoms with van der Waals surface area (Å²) in [6.07, 6.45) is 1.61. The summed E-state index contributed by atoms with van der Waals surface area (Å²) in [6, 6.07) is 5.18. The van der Waals surface area contributed by atoms with Gasteiger partial charge in [0.05, 0.1) is 26.2 Å². The molecule has 0 unspecified atom stereocenters. The van der Waals surface area contributed by atoms with Gasteiger partial charge in [-0.25, -0.2) is 0 Å². The number of nitrogens with zero attached hydrogens (tertiary/aromatic N) is 2. The summed E-state index contributed by atoms with van der Waals surface area (Å²) in [6.45, 7) is 4.52. The number of carbonyl (C=O) groups excluding carboxylic acids is 2. The number of hydrogen-bond acceptors (Lipinski definition) is 5. The average molecular weight is 378 g/mol. The third-order valence-corrected chi connectivity index (χ3v) is 4.78. The number of amides is 2. The van der Waals surface area contributed by atoms with Crippen LogP contribution in [-0.2, 0) is 9.53 Å². The summed E-state index contributed by atoms with van der Waals surface area (Å²) in [7, 11) is 4.96. The van der Waals surface area contributed by atoms with Crippen LogP contribution in [0.25, 0.3) is 0 Å². The Morgan fingerprint density at radius 1 is 1.26 bits per heavy atom. The van der Waals surface area contributed by atoms with Crippen molar-refractivity contribution >= 4 is 11.8 Å². The number of likely N-dealkylation sites (N-methyl/N-ethyl adjacent to an activating group) is 1. The first-order valence-electron chi connectivity index (χ1n) is 9.35. The Bertz CT molecular complexity index is 649. The molecule has 0 aromatic heterocycles. The van der Waals surface area contributed by atoms with E-state index in [1.807, 2.05) is 6.92 Å². The van der Waals surface area contributed by atoms with Crippen LogP contribution in [0.3, 0.4) is 0 Å². The van der Waals surface area contributed by atoms with Crippen molar-refractivity contribution in [3.05, 3.63) is 23.8 Å². The number of likely N-dealkylation sites (tertiary alicyclic amines) is 1. The van der Waals surface area contributed by atoms with Gasteiger partial charge in [-0.3, -0.25) is 9.59 Å². The Morgan fingerprint density at radius 3 is 2.70 bits per heavy atom. The van der Waals surface area contributed by atoms with Gasteiger partial charge in [0.1, 0.15) is 0 Å². The molecule has 150 valence electrons. The van der Waals surface area contributed by atoms with Crippen molar-refractivity contribution in [3.63, 3.8) is 0 Å². The summed E-state index contributed by atoms with van der Waals surface area (Å²) < 4.78 is 15.9. The number of methoxy groups -OCH3 is 2. The predicted molar refractivity (Wildman–Crippen MR) is 102 cm³/mol. The number of benzene rings is 1. The molecule has 0 saturated carbocycles. The molecule has 7 heteroatoms. The van der Waals surface area contributed by atoms with Crippen LogP contribution in [0.5, 0.6) is 11.5 Å². The molecule has 1 saturated heterocycles. The molecule has 7 nitrogen and oxygen atoms in total. The second-order valence-electron chi connectivity index (χ2n) is 6.64. The van der Waals surface area contributed by atoms with Crippen LogP contribution in [-0.4, -0.2) is 75.7 Å². The van der Waals surface area contributed by atoms with Crippen LogP contribution < -0.4 is 9.47 Å². The molecule has 1 aromatic carbocycles. The minimum absolute atomic E-state index is 0.0642. The van der Waals surface area contributed by atoms with Crippen molar-refractivity contribution in [2.45, 2.75) is 19.8 Å². The van der Waals surface area contributed by atoms with E-state index < -0.39 is 0 Å². The molecular weight excluding hydrogens is 348 g/mol. The van der Waals surface area contributed by atoms with E-state index in [1.54, 1.807) is 49.3 Å². The highest BCUT2D eigenvalue weighted by molar-refractivity contribution is 5.95. The van der Waals surface area contributed by atoms with E-state index >= 15 is 0 Å². The molecule has 0 spiro atoms. The lowest BCUT2D eigenvalue weighted by Gasteiger charge is -2.34. The van der Waals surface area contributed by atoms with E-state index in [1.165, 1.54) is 0 Å². The Kier molecular flexibility index (Phi) is 7.91. The van der Waals surface area contributed by atoms with Crippen molar-refractivity contribution in [1.82, 2.24) is 9.80 Å². The second kappa shape index (κ2) is 10.2. The van der Waals surface area contributed by atoms with Crippen molar-refractivity contribution < 1.29 is 23.8 Å². The molecule has 2 amide bonds. The standard InChI is InChI=1S/C20H30N2O5/c1-5-27-18-13-15(8-9-17(18)26-4)20(24)22-10-6-7-16(14-22)19(23)21(2)11-12-25-3/h8-9,13,16H,5-7,10-12,14H2,1-4H3/t16-/m1/s1. The fourth-order valence-electron chi connectivity index (χ4n) is 3.27.